The van der Waals surface area contributed by atoms with Gasteiger partial charge in [0.15, 0.2) is 0 Å². The van der Waals surface area contributed by atoms with Crippen molar-refractivity contribution in [2.45, 2.75) is 0 Å². The summed E-state index contributed by atoms with van der Waals surface area (Å²) in [7, 11) is 0. The van der Waals surface area contributed by atoms with Gasteiger partial charge in [-0.2, -0.15) is 5.06 Å². The van der Waals surface area contributed by atoms with Gasteiger partial charge < -0.3 is 4.74 Å². The first-order valence-electron chi connectivity index (χ1n) is 4.33. The minimum atomic E-state index is 0.435. The molecule has 0 atom stereocenters. The second-order valence-corrected chi connectivity index (χ2v) is 2.54. The van der Waals surface area contributed by atoms with E-state index < -0.39 is 0 Å². The molecule has 0 saturated carbocycles. The summed E-state index contributed by atoms with van der Waals surface area (Å²) in [5.41, 5.74) is 0. The summed E-state index contributed by atoms with van der Waals surface area (Å²) >= 11 is 0. The monoisotopic (exact) mass is 194 g/mol. The van der Waals surface area contributed by atoms with Crippen molar-refractivity contribution in [2.75, 3.05) is 19.9 Å². The van der Waals surface area contributed by atoms with Crippen molar-refractivity contribution >= 4 is 6.21 Å². The molecule has 0 fully saturated rings. The molecule has 0 aliphatic carbocycles. The molecule has 76 valence electrons. The Morgan fingerprint density at radius 1 is 1.43 bits per heavy atom. The average molecular weight is 194 g/mol. The number of nitrogens with zero attached hydrogens (tertiary/aromatic N) is 2. The SMILES string of the molecule is C=CCOC1=CC=NCN1OCC=C. The van der Waals surface area contributed by atoms with Crippen LogP contribution < -0.4 is 0 Å². The largest absolute Gasteiger partial charge is 0.473 e. The summed E-state index contributed by atoms with van der Waals surface area (Å²) in [6.45, 7) is 8.46. The quantitative estimate of drug-likeness (QED) is 0.601. The van der Waals surface area contributed by atoms with E-state index in [1.165, 1.54) is 0 Å². The normalized spacial score (nSPS) is 14.9. The van der Waals surface area contributed by atoms with Crippen LogP contribution >= 0.6 is 0 Å². The molecule has 14 heavy (non-hydrogen) atoms. The van der Waals surface area contributed by atoms with E-state index >= 15 is 0 Å². The van der Waals surface area contributed by atoms with E-state index in [0.717, 1.165) is 0 Å². The summed E-state index contributed by atoms with van der Waals surface area (Å²) in [5.74, 6) is 0.641. The molecule has 0 spiro atoms. The highest BCUT2D eigenvalue weighted by molar-refractivity contribution is 5.72. The van der Waals surface area contributed by atoms with Crippen molar-refractivity contribution in [1.29, 1.82) is 0 Å². The molecule has 1 heterocycles. The molecule has 0 aromatic carbocycles. The molecule has 0 bridgehead atoms. The Morgan fingerprint density at radius 2 is 2.21 bits per heavy atom. The maximum absolute atomic E-state index is 5.36. The summed E-state index contributed by atoms with van der Waals surface area (Å²) in [6, 6.07) is 0. The number of rotatable bonds is 6. The van der Waals surface area contributed by atoms with Gasteiger partial charge in [0.1, 0.15) is 13.3 Å². The Balaban J connectivity index is 2.47. The molecular formula is C10H14N2O2. The molecule has 0 saturated heterocycles. The lowest BCUT2D eigenvalue weighted by atomic mass is 10.5. The van der Waals surface area contributed by atoms with Crippen LogP contribution in [0.15, 0.2) is 42.3 Å². The van der Waals surface area contributed by atoms with Crippen molar-refractivity contribution in [1.82, 2.24) is 5.06 Å². The van der Waals surface area contributed by atoms with E-state index in [2.05, 4.69) is 18.2 Å². The van der Waals surface area contributed by atoms with E-state index in [9.17, 15) is 0 Å². The molecule has 0 unspecified atom stereocenters. The van der Waals surface area contributed by atoms with Gasteiger partial charge in [0, 0.05) is 12.3 Å². The molecule has 1 rings (SSSR count). The van der Waals surface area contributed by atoms with Gasteiger partial charge in [-0.3, -0.25) is 9.83 Å². The molecule has 1 aliphatic rings. The van der Waals surface area contributed by atoms with Gasteiger partial charge in [0.2, 0.25) is 5.88 Å². The van der Waals surface area contributed by atoms with Crippen molar-refractivity contribution in [3.05, 3.63) is 37.3 Å². The van der Waals surface area contributed by atoms with Crippen LogP contribution in [0.3, 0.4) is 0 Å². The highest BCUT2D eigenvalue weighted by Crippen LogP contribution is 2.09. The number of ether oxygens (including phenoxy) is 1. The van der Waals surface area contributed by atoms with Crippen LogP contribution in [0.4, 0.5) is 0 Å². The number of allylic oxidation sites excluding steroid dienone is 1. The van der Waals surface area contributed by atoms with Gasteiger partial charge in [-0.25, -0.2) is 0 Å². The fourth-order valence-electron chi connectivity index (χ4n) is 0.902. The third-order valence-electron chi connectivity index (χ3n) is 1.48. The predicted octanol–water partition coefficient (Wildman–Crippen LogP) is 1.49. The third kappa shape index (κ3) is 3.06. The number of hydrogen-bond acceptors (Lipinski definition) is 4. The van der Waals surface area contributed by atoms with Crippen LogP contribution in [0.25, 0.3) is 0 Å². The second kappa shape index (κ2) is 5.99. The smallest absolute Gasteiger partial charge is 0.217 e. The Hall–Kier alpha value is -1.55. The molecule has 1 aliphatic heterocycles. The van der Waals surface area contributed by atoms with Gasteiger partial charge in [-0.1, -0.05) is 18.7 Å². The zero-order valence-corrected chi connectivity index (χ0v) is 8.06. The minimum absolute atomic E-state index is 0.435. The summed E-state index contributed by atoms with van der Waals surface area (Å²) < 4.78 is 5.36. The van der Waals surface area contributed by atoms with Gasteiger partial charge in [-0.05, 0) is 0 Å². The lowest BCUT2D eigenvalue weighted by Gasteiger charge is -2.24. The fourth-order valence-corrected chi connectivity index (χ4v) is 0.902. The number of hydrogen-bond donors (Lipinski definition) is 0. The molecule has 4 heteroatoms. The van der Waals surface area contributed by atoms with Gasteiger partial charge >= 0.3 is 0 Å². The van der Waals surface area contributed by atoms with Gasteiger partial charge in [-0.15, -0.1) is 6.58 Å². The minimum Gasteiger partial charge on any atom is -0.473 e. The Morgan fingerprint density at radius 3 is 2.93 bits per heavy atom. The standard InChI is InChI=1S/C10H14N2O2/c1-3-7-13-10-5-6-11-9-12(10)14-8-4-2/h3-6H,1-2,7-9H2. The van der Waals surface area contributed by atoms with E-state index in [4.69, 9.17) is 9.57 Å². The summed E-state index contributed by atoms with van der Waals surface area (Å²) in [5, 5.41) is 1.57. The van der Waals surface area contributed by atoms with Gasteiger partial charge in [0.05, 0.1) is 6.61 Å². The van der Waals surface area contributed by atoms with Crippen LogP contribution in [0.5, 0.6) is 0 Å². The van der Waals surface area contributed by atoms with Crippen LogP contribution in [-0.4, -0.2) is 31.2 Å². The topological polar surface area (TPSA) is 34.1 Å². The average Bonchev–Trinajstić information content (AvgIpc) is 2.24. The van der Waals surface area contributed by atoms with E-state index in [0.29, 0.717) is 25.8 Å². The van der Waals surface area contributed by atoms with Crippen LogP contribution in [0.1, 0.15) is 0 Å². The Kier molecular flexibility index (Phi) is 4.50. The van der Waals surface area contributed by atoms with Crippen molar-refractivity contribution in [3.8, 4) is 0 Å². The molecule has 0 radical (unpaired) electrons. The lowest BCUT2D eigenvalue weighted by Crippen LogP contribution is -2.27. The number of aliphatic imine (C=N–C) groups is 1. The Bertz CT molecular complexity index is 259. The summed E-state index contributed by atoms with van der Waals surface area (Å²) in [6.07, 6.45) is 6.78. The molecular weight excluding hydrogens is 180 g/mol. The van der Waals surface area contributed by atoms with Crippen molar-refractivity contribution in [3.63, 3.8) is 0 Å². The van der Waals surface area contributed by atoms with E-state index in [1.54, 1.807) is 29.5 Å². The van der Waals surface area contributed by atoms with Gasteiger partial charge in [0.25, 0.3) is 0 Å². The zero-order chi connectivity index (χ0) is 10.2. The highest BCUT2D eigenvalue weighted by Gasteiger charge is 2.12. The van der Waals surface area contributed by atoms with Crippen LogP contribution in [0, 0.1) is 0 Å². The van der Waals surface area contributed by atoms with Crippen molar-refractivity contribution in [2.24, 2.45) is 4.99 Å². The first kappa shape index (κ1) is 10.5. The maximum Gasteiger partial charge on any atom is 0.217 e. The number of hydroxylamine groups is 2. The fraction of sp³-hybridized carbons (Fsp3) is 0.300. The zero-order valence-electron chi connectivity index (χ0n) is 8.06. The molecule has 0 aromatic rings. The van der Waals surface area contributed by atoms with E-state index in [-0.39, 0.29) is 0 Å². The summed E-state index contributed by atoms with van der Waals surface area (Å²) in [4.78, 5) is 9.34. The molecule has 0 aromatic heterocycles. The maximum atomic E-state index is 5.36. The first-order valence-corrected chi connectivity index (χ1v) is 4.33. The molecule has 0 N–H and O–H groups in total. The van der Waals surface area contributed by atoms with Crippen LogP contribution in [0.2, 0.25) is 0 Å². The predicted molar refractivity (Wildman–Crippen MR) is 55.6 cm³/mol. The van der Waals surface area contributed by atoms with E-state index in [1.807, 2.05) is 0 Å². The second-order valence-electron chi connectivity index (χ2n) is 2.54. The third-order valence-corrected chi connectivity index (χ3v) is 1.48. The lowest BCUT2D eigenvalue weighted by molar-refractivity contribution is -0.153. The molecule has 0 amide bonds. The van der Waals surface area contributed by atoms with Crippen LogP contribution in [-0.2, 0) is 9.57 Å². The molecule has 4 nitrogen and oxygen atoms in total. The first-order chi connectivity index (χ1) is 6.88. The Labute approximate surface area is 83.8 Å². The van der Waals surface area contributed by atoms with Crippen molar-refractivity contribution < 1.29 is 9.57 Å². The highest BCUT2D eigenvalue weighted by atomic mass is 16.7.